The Bertz CT molecular complexity index is 298. The molecule has 2 aliphatic carbocycles. The van der Waals surface area contributed by atoms with Crippen molar-refractivity contribution in [3.8, 4) is 0 Å². The highest BCUT2D eigenvalue weighted by atomic mass is 16.6. The highest BCUT2D eigenvalue weighted by molar-refractivity contribution is 5.68. The van der Waals surface area contributed by atoms with Crippen molar-refractivity contribution in [3.05, 3.63) is 0 Å². The largest absolute Gasteiger partial charge is 0.444 e. The molecule has 1 amide bonds. The highest BCUT2D eigenvalue weighted by Crippen LogP contribution is 2.48. The van der Waals surface area contributed by atoms with Crippen molar-refractivity contribution < 1.29 is 9.53 Å². The number of nitrogens with two attached hydrogens (primary N) is 1. The van der Waals surface area contributed by atoms with E-state index in [0.29, 0.717) is 23.8 Å². The van der Waals surface area contributed by atoms with Crippen molar-refractivity contribution in [3.63, 3.8) is 0 Å². The summed E-state index contributed by atoms with van der Waals surface area (Å²) in [5.74, 6) is 1.77. The summed E-state index contributed by atoms with van der Waals surface area (Å²) >= 11 is 0. The van der Waals surface area contributed by atoms with E-state index in [1.54, 1.807) is 0 Å². The van der Waals surface area contributed by atoms with E-state index in [1.807, 2.05) is 20.8 Å². The zero-order valence-corrected chi connectivity index (χ0v) is 11.0. The van der Waals surface area contributed by atoms with Gasteiger partial charge in [0.1, 0.15) is 5.60 Å². The van der Waals surface area contributed by atoms with Crippen LogP contribution in [-0.4, -0.2) is 24.3 Å². The Morgan fingerprint density at radius 1 is 1.41 bits per heavy atom. The number of carbonyl (C=O) groups excluding carboxylic acids is 1. The second-order valence-electron chi connectivity index (χ2n) is 6.40. The van der Waals surface area contributed by atoms with Gasteiger partial charge in [-0.15, -0.1) is 0 Å². The zero-order valence-electron chi connectivity index (χ0n) is 11.0. The fourth-order valence-corrected chi connectivity index (χ4v) is 3.41. The lowest BCUT2D eigenvalue weighted by molar-refractivity contribution is 0.0489. The summed E-state index contributed by atoms with van der Waals surface area (Å²) in [4.78, 5) is 11.8. The maximum Gasteiger partial charge on any atom is 0.407 e. The molecule has 2 rings (SSSR count). The van der Waals surface area contributed by atoms with Crippen molar-refractivity contribution in [2.45, 2.75) is 51.7 Å². The quantitative estimate of drug-likeness (QED) is 0.774. The number of ether oxygens (including phenoxy) is 1. The van der Waals surface area contributed by atoms with E-state index in [2.05, 4.69) is 5.32 Å². The molecule has 2 fully saturated rings. The van der Waals surface area contributed by atoms with E-state index < -0.39 is 5.60 Å². The number of rotatable bonds is 2. The first-order valence-corrected chi connectivity index (χ1v) is 6.60. The van der Waals surface area contributed by atoms with E-state index in [9.17, 15) is 4.79 Å². The summed E-state index contributed by atoms with van der Waals surface area (Å²) < 4.78 is 5.31. The maximum absolute atomic E-state index is 11.8. The van der Waals surface area contributed by atoms with Crippen LogP contribution in [0.2, 0.25) is 0 Å². The first-order valence-electron chi connectivity index (χ1n) is 6.60. The lowest BCUT2D eigenvalue weighted by Crippen LogP contribution is -2.42. The number of amides is 1. The lowest BCUT2D eigenvalue weighted by atomic mass is 9.89. The Kier molecular flexibility index (Phi) is 3.34. The molecule has 4 atom stereocenters. The average Bonchev–Trinajstić information content (AvgIpc) is 2.72. The summed E-state index contributed by atoms with van der Waals surface area (Å²) in [6.45, 7) is 6.41. The van der Waals surface area contributed by atoms with Gasteiger partial charge in [-0.05, 0) is 64.3 Å². The molecule has 17 heavy (non-hydrogen) atoms. The predicted molar refractivity (Wildman–Crippen MR) is 66.5 cm³/mol. The fraction of sp³-hybridized carbons (Fsp3) is 0.923. The molecule has 3 N–H and O–H groups in total. The topological polar surface area (TPSA) is 64.3 Å². The highest BCUT2D eigenvalue weighted by Gasteiger charge is 2.48. The van der Waals surface area contributed by atoms with E-state index in [4.69, 9.17) is 10.5 Å². The van der Waals surface area contributed by atoms with Gasteiger partial charge < -0.3 is 15.8 Å². The van der Waals surface area contributed by atoms with Gasteiger partial charge in [0.15, 0.2) is 0 Å². The summed E-state index contributed by atoms with van der Waals surface area (Å²) in [5.41, 5.74) is 5.35. The Balaban J connectivity index is 1.90. The molecule has 0 spiro atoms. The third-order valence-electron chi connectivity index (χ3n) is 4.04. The normalized spacial score (nSPS) is 36.0. The molecule has 2 bridgehead atoms. The molecule has 4 nitrogen and oxygen atoms in total. The van der Waals surface area contributed by atoms with Crippen LogP contribution in [0.1, 0.15) is 40.0 Å². The molecule has 0 aromatic heterocycles. The molecule has 0 unspecified atom stereocenters. The number of nitrogens with one attached hydrogen (secondary N) is 1. The van der Waals surface area contributed by atoms with E-state index in [0.717, 1.165) is 6.54 Å². The third-order valence-corrected chi connectivity index (χ3v) is 4.04. The number of fused-ring (bicyclic) bond motifs is 2. The minimum Gasteiger partial charge on any atom is -0.444 e. The van der Waals surface area contributed by atoms with Gasteiger partial charge in [-0.25, -0.2) is 4.79 Å². The molecule has 4 heteroatoms. The third kappa shape index (κ3) is 2.73. The molecular weight excluding hydrogens is 216 g/mol. The molecule has 0 saturated heterocycles. The standard InChI is InChI=1S/C13H24N2O2/c1-13(2,3)17-12(16)15-11-8-4-5-10(11)9(6-8)7-14/h8-11H,4-7,14H2,1-3H3,(H,15,16)/t8-,9+,10-,11+/m0/s1. The minimum absolute atomic E-state index is 0.280. The second-order valence-corrected chi connectivity index (χ2v) is 6.40. The molecule has 0 aromatic carbocycles. The Labute approximate surface area is 103 Å². The number of hydrogen-bond acceptors (Lipinski definition) is 3. The van der Waals surface area contributed by atoms with Gasteiger partial charge in [-0.2, -0.15) is 0 Å². The van der Waals surface area contributed by atoms with Crippen LogP contribution in [0.5, 0.6) is 0 Å². The van der Waals surface area contributed by atoms with Crippen molar-refractivity contribution in [1.29, 1.82) is 0 Å². The fourth-order valence-electron chi connectivity index (χ4n) is 3.41. The van der Waals surface area contributed by atoms with Crippen molar-refractivity contribution in [1.82, 2.24) is 5.32 Å². The van der Waals surface area contributed by atoms with Gasteiger partial charge >= 0.3 is 6.09 Å². The van der Waals surface area contributed by atoms with Gasteiger partial charge in [0.05, 0.1) is 0 Å². The summed E-state index contributed by atoms with van der Waals surface area (Å²) in [6.07, 6.45) is 3.31. The molecule has 0 aromatic rings. The van der Waals surface area contributed by atoms with Crippen LogP contribution in [0.3, 0.4) is 0 Å². The second kappa shape index (κ2) is 4.48. The van der Waals surface area contributed by atoms with Crippen molar-refractivity contribution in [2.24, 2.45) is 23.5 Å². The van der Waals surface area contributed by atoms with Gasteiger partial charge in [0.25, 0.3) is 0 Å². The average molecular weight is 240 g/mol. The lowest BCUT2D eigenvalue weighted by Gasteiger charge is -2.24. The van der Waals surface area contributed by atoms with Crippen molar-refractivity contribution in [2.75, 3.05) is 6.54 Å². The zero-order chi connectivity index (χ0) is 12.6. The van der Waals surface area contributed by atoms with Crippen LogP contribution in [0.4, 0.5) is 4.79 Å². The van der Waals surface area contributed by atoms with Crippen LogP contribution in [0.15, 0.2) is 0 Å². The first kappa shape index (κ1) is 12.7. The predicted octanol–water partition coefficient (Wildman–Crippen LogP) is 1.88. The van der Waals surface area contributed by atoms with Gasteiger partial charge in [0, 0.05) is 6.04 Å². The Morgan fingerprint density at radius 3 is 2.65 bits per heavy atom. The van der Waals surface area contributed by atoms with E-state index >= 15 is 0 Å². The number of hydrogen-bond donors (Lipinski definition) is 2. The first-order chi connectivity index (χ1) is 7.90. The SMILES string of the molecule is CC(C)(C)OC(=O)N[C@@H]1[C@H]2CC[C@H]1[C@@H](CN)C2. The van der Waals surface area contributed by atoms with Crippen LogP contribution in [0, 0.1) is 17.8 Å². The molecular formula is C13H24N2O2. The maximum atomic E-state index is 11.8. The molecule has 0 aliphatic heterocycles. The molecule has 0 radical (unpaired) electrons. The van der Waals surface area contributed by atoms with Crippen LogP contribution >= 0.6 is 0 Å². The summed E-state index contributed by atoms with van der Waals surface area (Å²) in [7, 11) is 0. The smallest absolute Gasteiger partial charge is 0.407 e. The Hall–Kier alpha value is -0.770. The van der Waals surface area contributed by atoms with Crippen LogP contribution in [0.25, 0.3) is 0 Å². The summed E-state index contributed by atoms with van der Waals surface area (Å²) in [6, 6.07) is 0.290. The number of carbonyl (C=O) groups is 1. The monoisotopic (exact) mass is 240 g/mol. The van der Waals surface area contributed by atoms with E-state index in [-0.39, 0.29) is 6.09 Å². The van der Waals surface area contributed by atoms with Crippen LogP contribution in [-0.2, 0) is 4.74 Å². The van der Waals surface area contributed by atoms with Crippen LogP contribution < -0.4 is 11.1 Å². The van der Waals surface area contributed by atoms with Crippen molar-refractivity contribution >= 4 is 6.09 Å². The van der Waals surface area contributed by atoms with Gasteiger partial charge in [-0.3, -0.25) is 0 Å². The molecule has 2 aliphatic rings. The minimum atomic E-state index is -0.422. The number of alkyl carbamates (subject to hydrolysis) is 1. The molecule has 98 valence electrons. The molecule has 2 saturated carbocycles. The summed E-state index contributed by atoms with van der Waals surface area (Å²) in [5, 5.41) is 3.05. The molecule has 0 heterocycles. The Morgan fingerprint density at radius 2 is 2.12 bits per heavy atom. The van der Waals surface area contributed by atoms with Gasteiger partial charge in [-0.1, -0.05) is 0 Å². The van der Waals surface area contributed by atoms with Gasteiger partial charge in [0.2, 0.25) is 0 Å². The van der Waals surface area contributed by atoms with E-state index in [1.165, 1.54) is 19.3 Å².